The molecule has 0 radical (unpaired) electrons. The van der Waals surface area contributed by atoms with Crippen LogP contribution in [0.3, 0.4) is 0 Å². The summed E-state index contributed by atoms with van der Waals surface area (Å²) in [5.41, 5.74) is 3.83. The zero-order chi connectivity index (χ0) is 25.3. The maximum absolute atomic E-state index is 13.4. The van der Waals surface area contributed by atoms with Crippen molar-refractivity contribution in [1.29, 1.82) is 0 Å². The summed E-state index contributed by atoms with van der Waals surface area (Å²) in [4.78, 5) is 19.3. The van der Waals surface area contributed by atoms with E-state index in [0.29, 0.717) is 18.2 Å². The smallest absolute Gasteiger partial charge is 0.319 e. The zero-order valence-electron chi connectivity index (χ0n) is 20.4. The van der Waals surface area contributed by atoms with Crippen LogP contribution in [0.2, 0.25) is 5.02 Å². The fraction of sp³-hybridized carbons (Fsp3) is 0.357. The second kappa shape index (κ2) is 12.8. The van der Waals surface area contributed by atoms with E-state index in [-0.39, 0.29) is 17.0 Å². The summed E-state index contributed by atoms with van der Waals surface area (Å²) in [6.45, 7) is 4.19. The molecule has 1 atom stereocenters. The van der Waals surface area contributed by atoms with Crippen LogP contribution < -0.4 is 10.6 Å². The van der Waals surface area contributed by atoms with E-state index in [1.165, 1.54) is 23.8 Å². The van der Waals surface area contributed by atoms with E-state index in [9.17, 15) is 9.18 Å². The summed E-state index contributed by atoms with van der Waals surface area (Å²) in [6, 6.07) is 16.3. The van der Waals surface area contributed by atoms with Crippen molar-refractivity contribution in [2.45, 2.75) is 18.8 Å². The van der Waals surface area contributed by atoms with Crippen LogP contribution in [0.4, 0.5) is 14.9 Å². The van der Waals surface area contributed by atoms with Crippen molar-refractivity contribution >= 4 is 23.3 Å². The third-order valence-electron chi connectivity index (χ3n) is 6.81. The summed E-state index contributed by atoms with van der Waals surface area (Å²) in [5.74, 6) is 0.0861. The fourth-order valence-electron chi connectivity index (χ4n) is 4.76. The number of ether oxygens (including phenoxy) is 1. The molecule has 1 aliphatic rings. The molecule has 190 valence electrons. The summed E-state index contributed by atoms with van der Waals surface area (Å²) in [5, 5.41) is 5.74. The van der Waals surface area contributed by atoms with Gasteiger partial charge in [0.1, 0.15) is 5.82 Å². The molecule has 0 spiro atoms. The molecular weight excluding hydrogens is 479 g/mol. The van der Waals surface area contributed by atoms with Gasteiger partial charge in [-0.15, -0.1) is 0 Å². The number of anilines is 1. The number of aromatic nitrogens is 1. The molecule has 1 aromatic heterocycles. The molecule has 0 aliphatic carbocycles. The minimum atomic E-state index is -0.519. The summed E-state index contributed by atoms with van der Waals surface area (Å²) < 4.78 is 18.7. The van der Waals surface area contributed by atoms with E-state index in [0.717, 1.165) is 50.2 Å². The number of carbonyl (C=O) groups is 1. The lowest BCUT2D eigenvalue weighted by Gasteiger charge is -2.36. The van der Waals surface area contributed by atoms with Crippen LogP contribution in [0.5, 0.6) is 0 Å². The topological polar surface area (TPSA) is 66.5 Å². The van der Waals surface area contributed by atoms with Crippen molar-refractivity contribution in [1.82, 2.24) is 15.2 Å². The first-order valence-corrected chi connectivity index (χ1v) is 12.6. The van der Waals surface area contributed by atoms with Crippen LogP contribution in [0.15, 0.2) is 67.0 Å². The van der Waals surface area contributed by atoms with Crippen LogP contribution >= 0.6 is 11.6 Å². The number of carbonyl (C=O) groups excluding carboxylic acids is 1. The molecule has 1 aliphatic heterocycles. The molecule has 6 nitrogen and oxygen atoms in total. The number of benzene rings is 2. The molecule has 2 amide bonds. The minimum absolute atomic E-state index is 0.0281. The summed E-state index contributed by atoms with van der Waals surface area (Å²) in [6.07, 6.45) is 5.73. The molecule has 0 saturated carbocycles. The summed E-state index contributed by atoms with van der Waals surface area (Å²) >= 11 is 5.84. The Morgan fingerprint density at radius 2 is 1.94 bits per heavy atom. The molecule has 36 heavy (non-hydrogen) atoms. The lowest BCUT2D eigenvalue weighted by Crippen LogP contribution is -2.40. The maximum atomic E-state index is 13.4. The molecular formula is C28H32ClFN4O2. The predicted molar refractivity (Wildman–Crippen MR) is 142 cm³/mol. The van der Waals surface area contributed by atoms with Gasteiger partial charge in [-0.1, -0.05) is 41.9 Å². The number of piperidine rings is 1. The quantitative estimate of drug-likeness (QED) is 0.381. The summed E-state index contributed by atoms with van der Waals surface area (Å²) in [7, 11) is 1.73. The van der Waals surface area contributed by atoms with Gasteiger partial charge in [-0.25, -0.2) is 9.18 Å². The van der Waals surface area contributed by atoms with Gasteiger partial charge in [-0.2, -0.15) is 0 Å². The van der Waals surface area contributed by atoms with Gasteiger partial charge in [-0.05, 0) is 72.8 Å². The average Bonchev–Trinajstić information content (AvgIpc) is 2.91. The molecule has 1 unspecified atom stereocenters. The largest absolute Gasteiger partial charge is 0.383 e. The second-order valence-corrected chi connectivity index (χ2v) is 9.51. The Balaban J connectivity index is 1.45. The van der Waals surface area contributed by atoms with Crippen molar-refractivity contribution in [2.75, 3.05) is 45.2 Å². The van der Waals surface area contributed by atoms with E-state index in [1.807, 2.05) is 18.3 Å². The van der Waals surface area contributed by atoms with E-state index in [2.05, 4.69) is 44.8 Å². The SMILES string of the molecule is COCCN1CCC(C(CNC(=O)Nc2ccc(F)c(Cl)c2)c2ccc(-c3cccnc3)cc2)CC1. The number of methoxy groups -OCH3 is 1. The van der Waals surface area contributed by atoms with Crippen molar-refractivity contribution < 1.29 is 13.9 Å². The Labute approximate surface area is 216 Å². The van der Waals surface area contributed by atoms with Gasteiger partial charge in [0.15, 0.2) is 0 Å². The highest BCUT2D eigenvalue weighted by atomic mass is 35.5. The lowest BCUT2D eigenvalue weighted by atomic mass is 9.79. The Kier molecular flexibility index (Phi) is 9.28. The van der Waals surface area contributed by atoms with Crippen molar-refractivity contribution in [2.24, 2.45) is 5.92 Å². The number of pyridine rings is 1. The Hall–Kier alpha value is -3.00. The highest BCUT2D eigenvalue weighted by Crippen LogP contribution is 2.33. The molecule has 1 saturated heterocycles. The van der Waals surface area contributed by atoms with Gasteiger partial charge in [0.25, 0.3) is 0 Å². The second-order valence-electron chi connectivity index (χ2n) is 9.11. The monoisotopic (exact) mass is 510 g/mol. The van der Waals surface area contributed by atoms with Gasteiger partial charge in [-0.3, -0.25) is 4.98 Å². The minimum Gasteiger partial charge on any atom is -0.383 e. The Bertz CT molecular complexity index is 1120. The van der Waals surface area contributed by atoms with Crippen molar-refractivity contribution in [3.8, 4) is 11.1 Å². The van der Waals surface area contributed by atoms with Gasteiger partial charge >= 0.3 is 6.03 Å². The highest BCUT2D eigenvalue weighted by molar-refractivity contribution is 6.31. The van der Waals surface area contributed by atoms with E-state index in [4.69, 9.17) is 16.3 Å². The molecule has 2 heterocycles. The fourth-order valence-corrected chi connectivity index (χ4v) is 4.94. The van der Waals surface area contributed by atoms with Crippen LogP contribution in [-0.2, 0) is 4.74 Å². The first kappa shape index (κ1) is 26.1. The van der Waals surface area contributed by atoms with Crippen molar-refractivity contribution in [3.05, 3.63) is 83.4 Å². The average molecular weight is 511 g/mol. The van der Waals surface area contributed by atoms with Crippen LogP contribution in [0, 0.1) is 11.7 Å². The molecule has 2 N–H and O–H groups in total. The molecule has 1 fully saturated rings. The molecule has 8 heteroatoms. The van der Waals surface area contributed by atoms with E-state index in [1.54, 1.807) is 13.3 Å². The molecule has 3 aromatic rings. The first-order chi connectivity index (χ1) is 17.5. The van der Waals surface area contributed by atoms with E-state index >= 15 is 0 Å². The number of nitrogens with one attached hydrogen (secondary N) is 2. The number of likely N-dealkylation sites (tertiary alicyclic amines) is 1. The number of hydrogen-bond acceptors (Lipinski definition) is 4. The zero-order valence-corrected chi connectivity index (χ0v) is 21.2. The first-order valence-electron chi connectivity index (χ1n) is 12.2. The predicted octanol–water partition coefficient (Wildman–Crippen LogP) is 5.80. The van der Waals surface area contributed by atoms with Gasteiger partial charge in [0, 0.05) is 44.2 Å². The third kappa shape index (κ3) is 7.03. The molecule has 4 rings (SSSR count). The molecule has 0 bridgehead atoms. The number of hydrogen-bond donors (Lipinski definition) is 2. The van der Waals surface area contributed by atoms with Gasteiger partial charge in [0.05, 0.1) is 11.6 Å². The number of urea groups is 1. The van der Waals surface area contributed by atoms with Gasteiger partial charge in [0.2, 0.25) is 0 Å². The van der Waals surface area contributed by atoms with Crippen LogP contribution in [0.1, 0.15) is 24.3 Å². The Morgan fingerprint density at radius 1 is 1.17 bits per heavy atom. The number of halogens is 2. The van der Waals surface area contributed by atoms with E-state index < -0.39 is 5.82 Å². The molecule has 2 aromatic carbocycles. The van der Waals surface area contributed by atoms with Crippen LogP contribution in [-0.4, -0.2) is 55.8 Å². The van der Waals surface area contributed by atoms with Crippen LogP contribution in [0.25, 0.3) is 11.1 Å². The highest BCUT2D eigenvalue weighted by Gasteiger charge is 2.28. The lowest BCUT2D eigenvalue weighted by molar-refractivity contribution is 0.114. The van der Waals surface area contributed by atoms with Gasteiger partial charge < -0.3 is 20.3 Å². The standard InChI is InChI=1S/C28H32ClFN4O2/c1-36-16-15-34-13-10-22(11-14-34)25(19-32-28(35)33-24-8-9-27(30)26(29)17-24)21-6-4-20(5-7-21)23-3-2-12-31-18-23/h2-9,12,17-18,22,25H,10-11,13-16,19H2,1H3,(H2,32,33,35). The number of rotatable bonds is 9. The third-order valence-corrected chi connectivity index (χ3v) is 7.10. The number of nitrogens with zero attached hydrogens (tertiary/aromatic N) is 2. The number of amides is 2. The normalized spacial score (nSPS) is 15.4. The Morgan fingerprint density at radius 3 is 2.61 bits per heavy atom. The maximum Gasteiger partial charge on any atom is 0.319 e. The van der Waals surface area contributed by atoms with Crippen molar-refractivity contribution in [3.63, 3.8) is 0 Å².